The van der Waals surface area contributed by atoms with Crippen LogP contribution in [0.3, 0.4) is 0 Å². The van der Waals surface area contributed by atoms with Gasteiger partial charge in [-0.15, -0.1) is 0 Å². The molecule has 16 heavy (non-hydrogen) atoms. The number of benzene rings is 1. The van der Waals surface area contributed by atoms with Gasteiger partial charge in [0.1, 0.15) is 5.75 Å². The average molecular weight is 221 g/mol. The molecule has 88 valence electrons. The summed E-state index contributed by atoms with van der Waals surface area (Å²) in [5, 5.41) is 9.00. The van der Waals surface area contributed by atoms with Gasteiger partial charge < -0.3 is 15.6 Å². The quantitative estimate of drug-likeness (QED) is 0.817. The lowest BCUT2D eigenvalue weighted by Gasteiger charge is -2.15. The van der Waals surface area contributed by atoms with Crippen LogP contribution >= 0.6 is 0 Å². The van der Waals surface area contributed by atoms with Crippen LogP contribution in [0.5, 0.6) is 5.75 Å². The summed E-state index contributed by atoms with van der Waals surface area (Å²) in [7, 11) is 0. The van der Waals surface area contributed by atoms with Gasteiger partial charge in [-0.3, -0.25) is 0 Å². The van der Waals surface area contributed by atoms with E-state index in [4.69, 9.17) is 15.6 Å². The Kier molecular flexibility index (Phi) is 3.80. The Bertz CT molecular complexity index is 334. The highest BCUT2D eigenvalue weighted by Gasteiger charge is 2.16. The number of nitrogens with two attached hydrogens (primary N) is 1. The van der Waals surface area contributed by atoms with Crippen LogP contribution < -0.4 is 10.5 Å². The topological polar surface area (TPSA) is 55.5 Å². The molecule has 1 saturated carbocycles. The van der Waals surface area contributed by atoms with Crippen LogP contribution in [0.2, 0.25) is 0 Å². The Morgan fingerprint density at radius 2 is 2.12 bits per heavy atom. The average Bonchev–Trinajstić information content (AvgIpc) is 2.81. The number of ether oxygens (including phenoxy) is 1. The maximum Gasteiger partial charge on any atom is 0.120 e. The zero-order chi connectivity index (χ0) is 11.4. The normalized spacial score (nSPS) is 18.6. The van der Waals surface area contributed by atoms with E-state index in [9.17, 15) is 0 Å². The molecule has 1 aromatic carbocycles. The summed E-state index contributed by atoms with van der Waals surface area (Å²) in [5.74, 6) is 0.869. The first-order chi connectivity index (χ1) is 7.79. The minimum atomic E-state index is -0.313. The van der Waals surface area contributed by atoms with Crippen LogP contribution in [0, 0.1) is 0 Å². The summed E-state index contributed by atoms with van der Waals surface area (Å²) < 4.78 is 5.87. The lowest BCUT2D eigenvalue weighted by atomic mass is 10.1. The van der Waals surface area contributed by atoms with Crippen LogP contribution in [0.1, 0.15) is 37.3 Å². The molecular formula is C13H19NO2. The monoisotopic (exact) mass is 221 g/mol. The highest BCUT2D eigenvalue weighted by atomic mass is 16.5. The van der Waals surface area contributed by atoms with Gasteiger partial charge >= 0.3 is 0 Å². The molecule has 0 unspecified atom stereocenters. The summed E-state index contributed by atoms with van der Waals surface area (Å²) >= 11 is 0. The molecule has 1 aromatic rings. The van der Waals surface area contributed by atoms with Crippen molar-refractivity contribution in [1.82, 2.24) is 0 Å². The van der Waals surface area contributed by atoms with Crippen molar-refractivity contribution in [2.24, 2.45) is 5.73 Å². The van der Waals surface area contributed by atoms with Crippen LogP contribution in [0.25, 0.3) is 0 Å². The highest BCUT2D eigenvalue weighted by molar-refractivity contribution is 5.30. The van der Waals surface area contributed by atoms with Gasteiger partial charge in [-0.25, -0.2) is 0 Å². The molecule has 0 saturated heterocycles. The van der Waals surface area contributed by atoms with E-state index in [0.29, 0.717) is 6.10 Å². The first-order valence-electron chi connectivity index (χ1n) is 5.92. The van der Waals surface area contributed by atoms with Crippen molar-refractivity contribution < 1.29 is 9.84 Å². The number of aliphatic hydroxyl groups is 1. The number of rotatable bonds is 4. The Morgan fingerprint density at radius 3 is 2.81 bits per heavy atom. The van der Waals surface area contributed by atoms with Gasteiger partial charge in [-0.05, 0) is 43.4 Å². The molecule has 3 heteroatoms. The Labute approximate surface area is 96.2 Å². The van der Waals surface area contributed by atoms with Gasteiger partial charge in [0.05, 0.1) is 18.8 Å². The molecule has 0 aromatic heterocycles. The third kappa shape index (κ3) is 2.74. The van der Waals surface area contributed by atoms with E-state index >= 15 is 0 Å². The molecule has 0 radical (unpaired) electrons. The van der Waals surface area contributed by atoms with Crippen molar-refractivity contribution in [3.63, 3.8) is 0 Å². The second kappa shape index (κ2) is 5.32. The van der Waals surface area contributed by atoms with E-state index in [-0.39, 0.29) is 12.6 Å². The van der Waals surface area contributed by atoms with E-state index in [1.54, 1.807) is 0 Å². The Morgan fingerprint density at radius 1 is 1.38 bits per heavy atom. The third-order valence-corrected chi connectivity index (χ3v) is 3.09. The van der Waals surface area contributed by atoms with Gasteiger partial charge in [0.15, 0.2) is 0 Å². The largest absolute Gasteiger partial charge is 0.490 e. The van der Waals surface area contributed by atoms with Crippen LogP contribution in [-0.2, 0) is 0 Å². The smallest absolute Gasteiger partial charge is 0.120 e. The molecule has 2 rings (SSSR count). The zero-order valence-corrected chi connectivity index (χ0v) is 9.43. The number of hydrogen-bond donors (Lipinski definition) is 2. The molecule has 3 nitrogen and oxygen atoms in total. The van der Waals surface area contributed by atoms with E-state index < -0.39 is 0 Å². The van der Waals surface area contributed by atoms with E-state index in [2.05, 4.69) is 0 Å². The predicted octanol–water partition coefficient (Wildman–Crippen LogP) is 2.00. The molecule has 0 spiro atoms. The maximum absolute atomic E-state index is 9.00. The van der Waals surface area contributed by atoms with Crippen LogP contribution in [-0.4, -0.2) is 17.8 Å². The van der Waals surface area contributed by atoms with Gasteiger partial charge in [-0.1, -0.05) is 12.1 Å². The third-order valence-electron chi connectivity index (χ3n) is 3.09. The summed E-state index contributed by atoms with van der Waals surface area (Å²) in [5.41, 5.74) is 6.69. The fourth-order valence-electron chi connectivity index (χ4n) is 2.12. The molecule has 1 atom stereocenters. The molecule has 1 aliphatic carbocycles. The summed E-state index contributed by atoms with van der Waals surface area (Å²) in [6.07, 6.45) is 5.19. The maximum atomic E-state index is 9.00. The first kappa shape index (κ1) is 11.4. The van der Waals surface area contributed by atoms with Crippen molar-refractivity contribution in [2.75, 3.05) is 6.61 Å². The molecule has 1 aliphatic rings. The molecule has 3 N–H and O–H groups in total. The van der Waals surface area contributed by atoms with Crippen LogP contribution in [0.4, 0.5) is 0 Å². The van der Waals surface area contributed by atoms with Gasteiger partial charge in [0.25, 0.3) is 0 Å². The van der Waals surface area contributed by atoms with Gasteiger partial charge in [0.2, 0.25) is 0 Å². The molecule has 0 bridgehead atoms. The highest BCUT2D eigenvalue weighted by Crippen LogP contribution is 2.25. The standard InChI is InChI=1S/C13H19NO2/c14-13(9-15)10-4-3-7-12(8-10)16-11-5-1-2-6-11/h3-4,7-8,11,13,15H,1-2,5-6,9,14H2/t13-/m1/s1. The van der Waals surface area contributed by atoms with Crippen LogP contribution in [0.15, 0.2) is 24.3 Å². The van der Waals surface area contributed by atoms with E-state index in [0.717, 1.165) is 24.2 Å². The first-order valence-corrected chi connectivity index (χ1v) is 5.92. The number of aliphatic hydroxyl groups excluding tert-OH is 1. The van der Waals surface area contributed by atoms with Crippen molar-refractivity contribution in [2.45, 2.75) is 37.8 Å². The fraction of sp³-hybridized carbons (Fsp3) is 0.538. The molecule has 0 amide bonds. The van der Waals surface area contributed by atoms with E-state index in [1.165, 1.54) is 12.8 Å². The molecule has 1 fully saturated rings. The predicted molar refractivity (Wildman–Crippen MR) is 63.3 cm³/mol. The zero-order valence-electron chi connectivity index (χ0n) is 9.43. The summed E-state index contributed by atoms with van der Waals surface area (Å²) in [4.78, 5) is 0. The van der Waals surface area contributed by atoms with Gasteiger partial charge in [0, 0.05) is 0 Å². The van der Waals surface area contributed by atoms with Crippen molar-refractivity contribution in [3.8, 4) is 5.75 Å². The van der Waals surface area contributed by atoms with Crippen molar-refractivity contribution >= 4 is 0 Å². The lowest BCUT2D eigenvalue weighted by Crippen LogP contribution is -2.15. The van der Waals surface area contributed by atoms with E-state index in [1.807, 2.05) is 24.3 Å². The minimum absolute atomic E-state index is 0.0348. The number of hydrogen-bond acceptors (Lipinski definition) is 3. The Hall–Kier alpha value is -1.06. The van der Waals surface area contributed by atoms with Crippen molar-refractivity contribution in [3.05, 3.63) is 29.8 Å². The lowest BCUT2D eigenvalue weighted by molar-refractivity contribution is 0.209. The fourth-order valence-corrected chi connectivity index (χ4v) is 2.12. The second-order valence-corrected chi connectivity index (χ2v) is 4.39. The Balaban J connectivity index is 2.03. The molecular weight excluding hydrogens is 202 g/mol. The summed E-state index contributed by atoms with van der Waals surface area (Å²) in [6.45, 7) is -0.0348. The molecule has 0 heterocycles. The second-order valence-electron chi connectivity index (χ2n) is 4.39. The summed E-state index contributed by atoms with van der Waals surface area (Å²) in [6, 6.07) is 7.41. The molecule has 0 aliphatic heterocycles. The van der Waals surface area contributed by atoms with Gasteiger partial charge in [-0.2, -0.15) is 0 Å². The SMILES string of the molecule is N[C@H](CO)c1cccc(OC2CCCC2)c1. The van der Waals surface area contributed by atoms with Crippen molar-refractivity contribution in [1.29, 1.82) is 0 Å². The minimum Gasteiger partial charge on any atom is -0.490 e.